The highest BCUT2D eigenvalue weighted by Crippen LogP contribution is 2.16. The molecule has 0 aliphatic rings. The average Bonchev–Trinajstić information content (AvgIpc) is 3.00. The standard InChI is InChI=1S/C16H19NO4/c1-12-4-2-3-5-15(12)21-11-16(19)17-8-6-14(18)13-7-9-20-10-13/h2-5,7,9-10,14,18H,6,8,11H2,1H3,(H,17,19)/t14-/m0/s1. The van der Waals surface area contributed by atoms with Crippen LogP contribution in [0.3, 0.4) is 0 Å². The van der Waals surface area contributed by atoms with Crippen LogP contribution in [0.4, 0.5) is 0 Å². The van der Waals surface area contributed by atoms with Crippen molar-refractivity contribution in [2.75, 3.05) is 13.2 Å². The van der Waals surface area contributed by atoms with E-state index in [0.717, 1.165) is 5.56 Å². The van der Waals surface area contributed by atoms with Crippen LogP contribution in [0.1, 0.15) is 23.7 Å². The number of hydrogen-bond acceptors (Lipinski definition) is 4. The first-order chi connectivity index (χ1) is 10.2. The Balaban J connectivity index is 1.67. The van der Waals surface area contributed by atoms with Gasteiger partial charge < -0.3 is 19.6 Å². The number of aliphatic hydroxyl groups excluding tert-OH is 1. The highest BCUT2D eigenvalue weighted by Gasteiger charge is 2.10. The SMILES string of the molecule is Cc1ccccc1OCC(=O)NCC[C@H](O)c1ccoc1. The van der Waals surface area contributed by atoms with Gasteiger partial charge in [-0.2, -0.15) is 0 Å². The molecule has 0 saturated heterocycles. The van der Waals surface area contributed by atoms with E-state index in [-0.39, 0.29) is 12.5 Å². The third-order valence-electron chi connectivity index (χ3n) is 3.12. The molecule has 1 heterocycles. The quantitative estimate of drug-likeness (QED) is 0.819. The van der Waals surface area contributed by atoms with E-state index in [1.165, 1.54) is 12.5 Å². The molecule has 5 nitrogen and oxygen atoms in total. The fraction of sp³-hybridized carbons (Fsp3) is 0.312. The lowest BCUT2D eigenvalue weighted by Crippen LogP contribution is -2.30. The summed E-state index contributed by atoms with van der Waals surface area (Å²) in [4.78, 5) is 11.7. The second kappa shape index (κ2) is 7.50. The van der Waals surface area contributed by atoms with Crippen LogP contribution in [0.5, 0.6) is 5.75 Å². The summed E-state index contributed by atoms with van der Waals surface area (Å²) in [5, 5.41) is 12.5. The van der Waals surface area contributed by atoms with Gasteiger partial charge in [0.05, 0.1) is 18.6 Å². The van der Waals surface area contributed by atoms with Crippen LogP contribution in [0.25, 0.3) is 0 Å². The van der Waals surface area contributed by atoms with Crippen LogP contribution < -0.4 is 10.1 Å². The first kappa shape index (κ1) is 15.1. The monoisotopic (exact) mass is 289 g/mol. The van der Waals surface area contributed by atoms with E-state index in [9.17, 15) is 9.90 Å². The zero-order valence-corrected chi connectivity index (χ0v) is 11.9. The van der Waals surface area contributed by atoms with Crippen LogP contribution in [-0.2, 0) is 4.79 Å². The Labute approximate surface area is 123 Å². The van der Waals surface area contributed by atoms with Crippen LogP contribution >= 0.6 is 0 Å². The molecule has 1 amide bonds. The molecule has 0 saturated carbocycles. The van der Waals surface area contributed by atoms with E-state index < -0.39 is 6.10 Å². The minimum Gasteiger partial charge on any atom is -0.484 e. The van der Waals surface area contributed by atoms with E-state index in [4.69, 9.17) is 9.15 Å². The van der Waals surface area contributed by atoms with Crippen molar-refractivity contribution in [3.05, 3.63) is 54.0 Å². The lowest BCUT2D eigenvalue weighted by atomic mass is 10.1. The highest BCUT2D eigenvalue weighted by molar-refractivity contribution is 5.77. The molecule has 2 rings (SSSR count). The van der Waals surface area contributed by atoms with Crippen LogP contribution in [0, 0.1) is 6.92 Å². The van der Waals surface area contributed by atoms with Crippen molar-refractivity contribution in [1.82, 2.24) is 5.32 Å². The molecule has 112 valence electrons. The number of carbonyl (C=O) groups excluding carboxylic acids is 1. The first-order valence-corrected chi connectivity index (χ1v) is 6.82. The molecular formula is C16H19NO4. The molecule has 2 N–H and O–H groups in total. The van der Waals surface area contributed by atoms with Gasteiger partial charge in [-0.1, -0.05) is 18.2 Å². The van der Waals surface area contributed by atoms with Crippen molar-refractivity contribution in [3.63, 3.8) is 0 Å². The number of amides is 1. The predicted octanol–water partition coefficient (Wildman–Crippen LogP) is 2.21. The Kier molecular flexibility index (Phi) is 5.40. The van der Waals surface area contributed by atoms with Crippen molar-refractivity contribution in [2.24, 2.45) is 0 Å². The third-order valence-corrected chi connectivity index (χ3v) is 3.12. The Morgan fingerprint density at radius 2 is 2.19 bits per heavy atom. The minimum absolute atomic E-state index is 0.0351. The summed E-state index contributed by atoms with van der Waals surface area (Å²) in [7, 11) is 0. The average molecular weight is 289 g/mol. The predicted molar refractivity (Wildman–Crippen MR) is 78.0 cm³/mol. The van der Waals surface area contributed by atoms with Gasteiger partial charge in [0.1, 0.15) is 5.75 Å². The number of rotatable bonds is 7. The molecule has 5 heteroatoms. The summed E-state index contributed by atoms with van der Waals surface area (Å²) in [6.45, 7) is 2.27. The Morgan fingerprint density at radius 1 is 1.38 bits per heavy atom. The molecule has 0 unspecified atom stereocenters. The number of para-hydroxylation sites is 1. The molecule has 0 radical (unpaired) electrons. The van der Waals surface area contributed by atoms with E-state index in [1.54, 1.807) is 6.07 Å². The van der Waals surface area contributed by atoms with Gasteiger partial charge in [-0.15, -0.1) is 0 Å². The number of aryl methyl sites for hydroxylation is 1. The summed E-state index contributed by atoms with van der Waals surface area (Å²) in [5.41, 5.74) is 1.70. The maximum absolute atomic E-state index is 11.7. The molecule has 2 aromatic rings. The maximum atomic E-state index is 11.7. The Morgan fingerprint density at radius 3 is 2.90 bits per heavy atom. The number of ether oxygens (including phenoxy) is 1. The molecule has 21 heavy (non-hydrogen) atoms. The second-order valence-corrected chi connectivity index (χ2v) is 4.77. The third kappa shape index (κ3) is 4.65. The fourth-order valence-electron chi connectivity index (χ4n) is 1.89. The number of benzene rings is 1. The van der Waals surface area contributed by atoms with Crippen LogP contribution in [0.15, 0.2) is 47.3 Å². The molecule has 0 fully saturated rings. The van der Waals surface area contributed by atoms with Gasteiger partial charge in [0, 0.05) is 12.1 Å². The van der Waals surface area contributed by atoms with Gasteiger partial charge in [-0.05, 0) is 31.0 Å². The van der Waals surface area contributed by atoms with Crippen LogP contribution in [-0.4, -0.2) is 24.2 Å². The lowest BCUT2D eigenvalue weighted by Gasteiger charge is -2.11. The normalized spacial score (nSPS) is 11.9. The molecular weight excluding hydrogens is 270 g/mol. The van der Waals surface area contributed by atoms with Crippen molar-refractivity contribution < 1.29 is 19.1 Å². The minimum atomic E-state index is -0.638. The van der Waals surface area contributed by atoms with E-state index in [0.29, 0.717) is 24.3 Å². The molecule has 0 aliphatic heterocycles. The summed E-state index contributed by atoms with van der Waals surface area (Å²) in [5.74, 6) is 0.490. The molecule has 1 atom stereocenters. The van der Waals surface area contributed by atoms with Gasteiger partial charge in [-0.25, -0.2) is 0 Å². The molecule has 0 aliphatic carbocycles. The Hall–Kier alpha value is -2.27. The van der Waals surface area contributed by atoms with E-state index >= 15 is 0 Å². The summed E-state index contributed by atoms with van der Waals surface area (Å²) < 4.78 is 10.3. The smallest absolute Gasteiger partial charge is 0.257 e. The number of carbonyl (C=O) groups is 1. The second-order valence-electron chi connectivity index (χ2n) is 4.77. The number of nitrogens with one attached hydrogen (secondary N) is 1. The van der Waals surface area contributed by atoms with Crippen molar-refractivity contribution in [2.45, 2.75) is 19.4 Å². The van der Waals surface area contributed by atoms with Gasteiger partial charge in [0.25, 0.3) is 5.91 Å². The molecule has 0 spiro atoms. The zero-order chi connectivity index (χ0) is 15.1. The topological polar surface area (TPSA) is 71.7 Å². The summed E-state index contributed by atoms with van der Waals surface area (Å²) in [6.07, 6.45) is 2.79. The van der Waals surface area contributed by atoms with Crippen molar-refractivity contribution in [1.29, 1.82) is 0 Å². The lowest BCUT2D eigenvalue weighted by molar-refractivity contribution is -0.123. The largest absolute Gasteiger partial charge is 0.484 e. The number of furan rings is 1. The molecule has 1 aromatic carbocycles. The van der Waals surface area contributed by atoms with Crippen LogP contribution in [0.2, 0.25) is 0 Å². The van der Waals surface area contributed by atoms with E-state index in [2.05, 4.69) is 5.32 Å². The van der Waals surface area contributed by atoms with Gasteiger partial charge >= 0.3 is 0 Å². The van der Waals surface area contributed by atoms with Gasteiger partial charge in [-0.3, -0.25) is 4.79 Å². The van der Waals surface area contributed by atoms with E-state index in [1.807, 2.05) is 31.2 Å². The number of aliphatic hydroxyl groups is 1. The zero-order valence-electron chi connectivity index (χ0n) is 11.9. The van der Waals surface area contributed by atoms with Gasteiger partial charge in [0.2, 0.25) is 0 Å². The number of hydrogen-bond donors (Lipinski definition) is 2. The Bertz CT molecular complexity index is 565. The van der Waals surface area contributed by atoms with Crippen molar-refractivity contribution >= 4 is 5.91 Å². The summed E-state index contributed by atoms with van der Waals surface area (Å²) >= 11 is 0. The first-order valence-electron chi connectivity index (χ1n) is 6.82. The molecule has 0 bridgehead atoms. The highest BCUT2D eigenvalue weighted by atomic mass is 16.5. The fourth-order valence-corrected chi connectivity index (χ4v) is 1.89. The van der Waals surface area contributed by atoms with Crippen molar-refractivity contribution in [3.8, 4) is 5.75 Å². The maximum Gasteiger partial charge on any atom is 0.257 e. The summed E-state index contributed by atoms with van der Waals surface area (Å²) in [6, 6.07) is 9.23. The van der Waals surface area contributed by atoms with Gasteiger partial charge in [0.15, 0.2) is 6.61 Å². The molecule has 1 aromatic heterocycles.